The van der Waals surface area contributed by atoms with Gasteiger partial charge >= 0.3 is 0 Å². The lowest BCUT2D eigenvalue weighted by molar-refractivity contribution is -0.724. The van der Waals surface area contributed by atoms with Gasteiger partial charge in [-0.15, -0.1) is 0 Å². The minimum atomic E-state index is -4.89. The van der Waals surface area contributed by atoms with Crippen LogP contribution in [0.3, 0.4) is 0 Å². The van der Waals surface area contributed by atoms with Crippen molar-refractivity contribution in [3.8, 4) is 0 Å². The normalized spacial score (nSPS) is 17.6. The van der Waals surface area contributed by atoms with E-state index in [0.29, 0.717) is 0 Å². The van der Waals surface area contributed by atoms with E-state index in [4.69, 9.17) is 77.0 Å². The van der Waals surface area contributed by atoms with Crippen molar-refractivity contribution in [1.82, 2.24) is 10.6 Å². The second-order valence-corrected chi connectivity index (χ2v) is 10.9. The highest BCUT2D eigenvalue weighted by Crippen LogP contribution is 2.20. The molecule has 0 radical (unpaired) electrons. The quantitative estimate of drug-likeness (QED) is 0.108. The molecule has 0 bridgehead atoms. The van der Waals surface area contributed by atoms with Gasteiger partial charge in [-0.25, -0.2) is 0 Å². The highest BCUT2D eigenvalue weighted by atomic mass is 31.2. The van der Waals surface area contributed by atoms with Crippen molar-refractivity contribution in [3.63, 3.8) is 0 Å². The Labute approximate surface area is 219 Å². The number of quaternary nitrogens is 4. The van der Waals surface area contributed by atoms with Crippen LogP contribution in [0.5, 0.6) is 0 Å². The fraction of sp³-hybridized carbons (Fsp3) is 1.00. The molecule has 0 saturated carbocycles. The molecule has 1 fully saturated rings. The summed E-state index contributed by atoms with van der Waals surface area (Å²) in [5, 5.41) is 16.7. The Morgan fingerprint density at radius 1 is 0.395 bits per heavy atom. The van der Waals surface area contributed by atoms with Crippen molar-refractivity contribution in [2.75, 3.05) is 78.5 Å². The highest BCUT2D eigenvalue weighted by molar-refractivity contribution is 7.44. The van der Waals surface area contributed by atoms with Crippen molar-refractivity contribution in [1.29, 1.82) is 0 Å². The van der Waals surface area contributed by atoms with Crippen LogP contribution >= 0.6 is 31.3 Å². The molecule has 22 nitrogen and oxygen atoms in total. The zero-order valence-electron chi connectivity index (χ0n) is 20.4. The van der Waals surface area contributed by atoms with E-state index in [2.05, 4.69) is 31.9 Å². The molecule has 0 spiro atoms. The van der Waals surface area contributed by atoms with Crippen LogP contribution in [0.25, 0.3) is 0 Å². The summed E-state index contributed by atoms with van der Waals surface area (Å²) in [6.45, 7) is 14.3. The number of nitrogens with one attached hydrogen (secondary N) is 2. The molecule has 1 aliphatic heterocycles. The Hall–Kier alpha value is 0.200. The van der Waals surface area contributed by atoms with Gasteiger partial charge in [-0.2, -0.15) is 0 Å². The zero-order chi connectivity index (χ0) is 30.7. The molecule has 1 saturated heterocycles. The lowest BCUT2D eigenvalue weighted by atomic mass is 10.4. The van der Waals surface area contributed by atoms with Gasteiger partial charge in [0.15, 0.2) is 0 Å². The fourth-order valence-corrected chi connectivity index (χ4v) is 2.12. The maximum atomic E-state index is 8.77. The summed E-state index contributed by atoms with van der Waals surface area (Å²) in [5.74, 6) is 0. The van der Waals surface area contributed by atoms with Gasteiger partial charge in [-0.3, -0.25) is 18.3 Å². The third kappa shape index (κ3) is 135. The van der Waals surface area contributed by atoms with Crippen LogP contribution < -0.4 is 51.5 Å². The molecule has 38 heavy (non-hydrogen) atoms. The first-order chi connectivity index (χ1) is 17.0. The fourth-order valence-electron chi connectivity index (χ4n) is 2.12. The van der Waals surface area contributed by atoms with Crippen molar-refractivity contribution in [2.45, 2.75) is 0 Å². The molecule has 236 valence electrons. The molecular formula is C12H42N6O16P4. The second-order valence-electron chi connectivity index (χ2n) is 6.93. The van der Waals surface area contributed by atoms with E-state index < -0.39 is 31.3 Å². The number of hydrogen-bond donors (Lipinski definition) is 14. The van der Waals surface area contributed by atoms with Crippen LogP contribution in [0.1, 0.15) is 0 Å². The maximum absolute atomic E-state index is 8.77. The molecule has 0 unspecified atom stereocenters. The summed E-state index contributed by atoms with van der Waals surface area (Å²) in [7, 11) is -19.6. The molecule has 1 aliphatic rings. The highest BCUT2D eigenvalue weighted by Gasteiger charge is 1.98. The summed E-state index contributed by atoms with van der Waals surface area (Å²) in [4.78, 5) is 91.7. The predicted octanol–water partition coefficient (Wildman–Crippen LogP) is -12.8. The average Bonchev–Trinajstić information content (AvgIpc) is 2.63. The molecular weight excluding hydrogens is 608 g/mol. The molecule has 0 aromatic heterocycles. The van der Waals surface area contributed by atoms with Gasteiger partial charge in [0.05, 0.1) is 26.2 Å². The first-order valence-electron chi connectivity index (χ1n) is 10.7. The minimum Gasteiger partial charge on any atom is -0.756 e. The van der Waals surface area contributed by atoms with Crippen molar-refractivity contribution in [3.05, 3.63) is 0 Å². The number of phosphoric acid groups is 4. The molecule has 0 amide bonds. The van der Waals surface area contributed by atoms with Gasteiger partial charge in [-0.1, -0.05) is 0 Å². The standard InChI is InChI=1S/C12H30N6.4H3O4P/c1-2-14-5-6-16-9-10-18-12-11-17-8-7-15-4-3-13-1;4*1-5(2,3)4/h13-18H,1-12H2;4*(H3,1,2,3,4). The molecule has 26 heteroatoms. The predicted molar refractivity (Wildman–Crippen MR) is 121 cm³/mol. The van der Waals surface area contributed by atoms with Gasteiger partial charge in [0, 0.05) is 26.2 Å². The molecule has 18 N–H and O–H groups in total. The van der Waals surface area contributed by atoms with E-state index >= 15 is 0 Å². The lowest BCUT2D eigenvalue weighted by Crippen LogP contribution is -2.97. The van der Waals surface area contributed by atoms with Gasteiger partial charge in [0.25, 0.3) is 31.3 Å². The maximum Gasteiger partial charge on any atom is 0.262 e. The van der Waals surface area contributed by atoms with Crippen molar-refractivity contribution >= 4 is 31.3 Å². The first-order valence-corrected chi connectivity index (χ1v) is 16.9. The van der Waals surface area contributed by atoms with Gasteiger partial charge < -0.3 is 90.6 Å². The van der Waals surface area contributed by atoms with Crippen LogP contribution in [0.15, 0.2) is 0 Å². The molecule has 0 aromatic carbocycles. The van der Waals surface area contributed by atoms with Crippen LogP contribution in [-0.4, -0.2) is 118 Å². The Kier molecular flexibility index (Phi) is 32.6. The molecule has 0 aliphatic carbocycles. The largest absolute Gasteiger partial charge is 0.756 e. The van der Waals surface area contributed by atoms with Crippen LogP contribution in [0.4, 0.5) is 0 Å². The number of rotatable bonds is 0. The summed E-state index contributed by atoms with van der Waals surface area (Å²) in [6.07, 6.45) is 0. The summed E-state index contributed by atoms with van der Waals surface area (Å²) >= 11 is 0. The van der Waals surface area contributed by atoms with E-state index in [1.54, 1.807) is 0 Å². The Bertz CT molecular complexity index is 512. The summed E-state index contributed by atoms with van der Waals surface area (Å²) < 4.78 is 35.1. The monoisotopic (exact) mass is 650 g/mol. The topological polar surface area (TPSA) is 413 Å². The zero-order valence-corrected chi connectivity index (χ0v) is 24.0. The third-order valence-corrected chi connectivity index (χ3v) is 3.25. The Morgan fingerprint density at radius 2 is 0.526 bits per heavy atom. The Morgan fingerprint density at radius 3 is 0.658 bits per heavy atom. The number of nitrogens with two attached hydrogens (primary N) is 4. The van der Waals surface area contributed by atoms with Crippen LogP contribution in [0, 0.1) is 0 Å². The summed E-state index contributed by atoms with van der Waals surface area (Å²) in [6, 6.07) is 0. The smallest absolute Gasteiger partial charge is 0.262 e. The van der Waals surface area contributed by atoms with Crippen molar-refractivity contribution in [2.24, 2.45) is 0 Å². The SMILES string of the molecule is C1C[NH2+]CC[NH2+]CCNCC[NH2+]CC[NH2+]CCN1.O=P([O-])(O)O.O=P([O-])(O)O.O=P([O-])(O)O.O=P([O-])(O)O. The van der Waals surface area contributed by atoms with Crippen LogP contribution in [0.2, 0.25) is 0 Å². The van der Waals surface area contributed by atoms with E-state index in [-0.39, 0.29) is 0 Å². The van der Waals surface area contributed by atoms with Gasteiger partial charge in [0.2, 0.25) is 0 Å². The van der Waals surface area contributed by atoms with E-state index in [9.17, 15) is 0 Å². The van der Waals surface area contributed by atoms with Crippen LogP contribution in [-0.2, 0) is 18.3 Å². The van der Waals surface area contributed by atoms with E-state index in [1.165, 1.54) is 52.4 Å². The van der Waals surface area contributed by atoms with E-state index in [1.807, 2.05) is 0 Å². The molecule has 1 heterocycles. The minimum absolute atomic E-state index is 1.14. The average molecular weight is 650 g/mol. The molecule has 0 aromatic rings. The first kappa shape index (κ1) is 45.2. The number of hydrogen-bond acceptors (Lipinski definition) is 10. The van der Waals surface area contributed by atoms with Gasteiger partial charge in [0.1, 0.15) is 26.2 Å². The lowest BCUT2D eigenvalue weighted by Gasteiger charge is -2.07. The van der Waals surface area contributed by atoms with Crippen molar-refractivity contribution < 1.29 is 98.2 Å². The molecule has 0 atom stereocenters. The summed E-state index contributed by atoms with van der Waals surface area (Å²) in [5.41, 5.74) is 0. The van der Waals surface area contributed by atoms with E-state index in [0.717, 1.165) is 26.2 Å². The van der Waals surface area contributed by atoms with Gasteiger partial charge in [-0.05, 0) is 0 Å². The molecule has 1 rings (SSSR count). The second kappa shape index (κ2) is 27.4. The third-order valence-electron chi connectivity index (χ3n) is 3.25. The Balaban J connectivity index is -0.000000235.